The van der Waals surface area contributed by atoms with Gasteiger partial charge in [0.05, 0.1) is 27.6 Å². The molecule has 0 aromatic heterocycles. The molecule has 37 heavy (non-hydrogen) atoms. The molecule has 0 aliphatic heterocycles. The Hall–Kier alpha value is -2.04. The summed E-state index contributed by atoms with van der Waals surface area (Å²) in [6, 6.07) is 18.4. The summed E-state index contributed by atoms with van der Waals surface area (Å²) in [4.78, 5) is -0.656. The SMILES string of the molecule is O=S(=O)(O)c1ccc(N=Nc2ccc(N=Nc3ccc(O)c4cccc(S(=O)(=O)O)c34)cc2)cc1.[Na].[Na]. The van der Waals surface area contributed by atoms with E-state index < -0.39 is 25.1 Å². The number of nitrogens with zero attached hydrogens (tertiary/aromatic N) is 4. The summed E-state index contributed by atoms with van der Waals surface area (Å²) in [5.74, 6) is -0.174. The van der Waals surface area contributed by atoms with Gasteiger partial charge >= 0.3 is 0 Å². The Kier molecular flexibility index (Phi) is 10.7. The third-order valence-electron chi connectivity index (χ3n) is 4.77. The molecule has 4 aromatic rings. The van der Waals surface area contributed by atoms with Gasteiger partial charge in [0.25, 0.3) is 20.2 Å². The van der Waals surface area contributed by atoms with Gasteiger partial charge in [-0.1, -0.05) is 12.1 Å². The van der Waals surface area contributed by atoms with Gasteiger partial charge in [-0.15, -0.1) is 5.11 Å². The monoisotopic (exact) mass is 558 g/mol. The Morgan fingerprint density at radius 3 is 1.54 bits per heavy atom. The molecule has 0 aliphatic rings. The first-order valence-electron chi connectivity index (χ1n) is 9.76. The van der Waals surface area contributed by atoms with Gasteiger partial charge in [0.2, 0.25) is 0 Å². The fourth-order valence-corrected chi connectivity index (χ4v) is 4.34. The fraction of sp³-hybridized carbons (Fsp3) is 0. The van der Waals surface area contributed by atoms with E-state index in [0.29, 0.717) is 17.1 Å². The molecule has 4 rings (SSSR count). The normalized spacial score (nSPS) is 11.9. The topological polar surface area (TPSA) is 178 Å². The molecule has 11 nitrogen and oxygen atoms in total. The Morgan fingerprint density at radius 2 is 1.05 bits per heavy atom. The predicted molar refractivity (Wildman–Crippen MR) is 138 cm³/mol. The van der Waals surface area contributed by atoms with Crippen LogP contribution in [0.5, 0.6) is 5.75 Å². The van der Waals surface area contributed by atoms with Crippen LogP contribution in [0, 0.1) is 0 Å². The first kappa shape index (κ1) is 31.2. The third kappa shape index (κ3) is 7.74. The van der Waals surface area contributed by atoms with E-state index in [1.54, 1.807) is 24.3 Å². The average Bonchev–Trinajstić information content (AvgIpc) is 2.82. The molecule has 0 spiro atoms. The maximum atomic E-state index is 11.8. The van der Waals surface area contributed by atoms with Crippen LogP contribution < -0.4 is 0 Å². The summed E-state index contributed by atoms with van der Waals surface area (Å²) in [7, 11) is -8.86. The number of phenolic OH excluding ortho intramolecular Hbond substituents is 1. The van der Waals surface area contributed by atoms with Crippen LogP contribution in [0.4, 0.5) is 22.7 Å². The van der Waals surface area contributed by atoms with Crippen molar-refractivity contribution >= 4 is 113 Å². The summed E-state index contributed by atoms with van der Waals surface area (Å²) < 4.78 is 64.3. The first-order chi connectivity index (χ1) is 16.5. The second kappa shape index (κ2) is 12.7. The van der Waals surface area contributed by atoms with Crippen molar-refractivity contribution in [3.8, 4) is 5.75 Å². The molecular weight excluding hydrogens is 542 g/mol. The van der Waals surface area contributed by atoms with Gasteiger partial charge in [-0.05, 0) is 66.7 Å². The van der Waals surface area contributed by atoms with Gasteiger partial charge in [0.1, 0.15) is 10.6 Å². The van der Waals surface area contributed by atoms with Crippen molar-refractivity contribution in [3.63, 3.8) is 0 Å². The number of aromatic hydroxyl groups is 1. The first-order valence-corrected chi connectivity index (χ1v) is 12.6. The number of hydrogen-bond donors (Lipinski definition) is 3. The number of azo groups is 2. The molecule has 0 atom stereocenters. The van der Waals surface area contributed by atoms with Gasteiger partial charge in [-0.2, -0.15) is 32.2 Å². The van der Waals surface area contributed by atoms with Crippen molar-refractivity contribution in [2.75, 3.05) is 0 Å². The van der Waals surface area contributed by atoms with Crippen LogP contribution in [-0.4, -0.2) is 90.2 Å². The number of hydrogen-bond acceptors (Lipinski definition) is 9. The Balaban J connectivity index is 0.00000241. The van der Waals surface area contributed by atoms with E-state index in [4.69, 9.17) is 4.55 Å². The van der Waals surface area contributed by atoms with Crippen LogP contribution in [0.2, 0.25) is 0 Å². The van der Waals surface area contributed by atoms with Crippen LogP contribution in [0.3, 0.4) is 0 Å². The smallest absolute Gasteiger partial charge is 0.295 e. The minimum absolute atomic E-state index is 0. The summed E-state index contributed by atoms with van der Waals surface area (Å²) in [5.41, 5.74) is 1.37. The number of fused-ring (bicyclic) bond motifs is 1. The third-order valence-corrected chi connectivity index (χ3v) is 6.54. The summed E-state index contributed by atoms with van der Waals surface area (Å²) in [6.07, 6.45) is 0. The van der Waals surface area contributed by atoms with E-state index in [-0.39, 0.29) is 86.2 Å². The van der Waals surface area contributed by atoms with E-state index in [9.17, 15) is 26.5 Å². The van der Waals surface area contributed by atoms with Crippen LogP contribution in [0.25, 0.3) is 10.8 Å². The number of rotatable bonds is 6. The fourth-order valence-electron chi connectivity index (χ4n) is 3.14. The molecule has 0 bridgehead atoms. The molecule has 4 aromatic carbocycles. The summed E-state index contributed by atoms with van der Waals surface area (Å²) in [5, 5.41) is 26.5. The minimum Gasteiger partial charge on any atom is -0.507 e. The van der Waals surface area contributed by atoms with Crippen molar-refractivity contribution < 1.29 is 31.0 Å². The zero-order chi connectivity index (χ0) is 25.2. The minimum atomic E-state index is -4.57. The van der Waals surface area contributed by atoms with Gasteiger partial charge in [-0.25, -0.2) is 0 Å². The van der Waals surface area contributed by atoms with Gasteiger partial charge < -0.3 is 5.11 Å². The average molecular weight is 559 g/mol. The van der Waals surface area contributed by atoms with E-state index in [2.05, 4.69) is 20.5 Å². The second-order valence-electron chi connectivity index (χ2n) is 7.14. The van der Waals surface area contributed by atoms with Gasteiger partial charge in [0.15, 0.2) is 0 Å². The van der Waals surface area contributed by atoms with Crippen molar-refractivity contribution in [2.24, 2.45) is 20.5 Å². The molecule has 0 amide bonds. The van der Waals surface area contributed by atoms with Crippen molar-refractivity contribution in [1.29, 1.82) is 0 Å². The van der Waals surface area contributed by atoms with Crippen LogP contribution in [-0.2, 0) is 20.2 Å². The predicted octanol–water partition coefficient (Wildman–Crippen LogP) is 5.11. The summed E-state index contributed by atoms with van der Waals surface area (Å²) >= 11 is 0. The maximum absolute atomic E-state index is 11.8. The molecule has 0 saturated carbocycles. The molecule has 180 valence electrons. The summed E-state index contributed by atoms with van der Waals surface area (Å²) in [6.45, 7) is 0. The Bertz CT molecular complexity index is 1690. The van der Waals surface area contributed by atoms with E-state index in [1.807, 2.05) is 0 Å². The van der Waals surface area contributed by atoms with Crippen LogP contribution in [0.1, 0.15) is 0 Å². The molecule has 15 heteroatoms. The largest absolute Gasteiger partial charge is 0.507 e. The Labute approximate surface area is 256 Å². The quantitative estimate of drug-likeness (QED) is 0.167. The van der Waals surface area contributed by atoms with Crippen LogP contribution >= 0.6 is 0 Å². The number of benzene rings is 4. The standard InChI is InChI=1S/C22H16N4O7S2.2Na/c27-20-13-12-19(22-18(20)2-1-3-21(22)35(31,32)33)26-25-15-6-4-14(5-7-15)23-24-16-8-10-17(11-9-16)34(28,29)30;;/h1-13,27H,(H,28,29,30)(H,31,32,33);;. The molecule has 3 N–H and O–H groups in total. The molecule has 0 unspecified atom stereocenters. The molecule has 0 saturated heterocycles. The number of phenols is 1. The van der Waals surface area contributed by atoms with Gasteiger partial charge in [-0.3, -0.25) is 9.11 Å². The molecule has 2 radical (unpaired) electrons. The molecule has 0 fully saturated rings. The van der Waals surface area contributed by atoms with Crippen molar-refractivity contribution in [1.82, 2.24) is 0 Å². The van der Waals surface area contributed by atoms with Crippen molar-refractivity contribution in [2.45, 2.75) is 9.79 Å². The zero-order valence-corrected chi connectivity index (χ0v) is 25.2. The van der Waals surface area contributed by atoms with E-state index in [0.717, 1.165) is 0 Å². The van der Waals surface area contributed by atoms with Crippen LogP contribution in [0.15, 0.2) is 109 Å². The van der Waals surface area contributed by atoms with E-state index >= 15 is 0 Å². The molecule has 0 aliphatic carbocycles. The maximum Gasteiger partial charge on any atom is 0.295 e. The van der Waals surface area contributed by atoms with E-state index in [1.165, 1.54) is 54.6 Å². The molecular formula is C22H16N4Na2O7S2. The zero-order valence-electron chi connectivity index (χ0n) is 19.6. The second-order valence-corrected chi connectivity index (χ2v) is 9.95. The van der Waals surface area contributed by atoms with Crippen molar-refractivity contribution in [3.05, 3.63) is 78.9 Å². The Morgan fingerprint density at radius 1 is 0.568 bits per heavy atom. The molecule has 0 heterocycles. The van der Waals surface area contributed by atoms with Gasteiger partial charge in [0, 0.05) is 69.9 Å².